The second-order valence-corrected chi connectivity index (χ2v) is 7.66. The van der Waals surface area contributed by atoms with Crippen molar-refractivity contribution in [2.24, 2.45) is 5.10 Å². The number of rotatable bonds is 9. The van der Waals surface area contributed by atoms with E-state index >= 15 is 0 Å². The maximum Gasteiger partial charge on any atom is 0.273 e. The Labute approximate surface area is 200 Å². The van der Waals surface area contributed by atoms with Crippen LogP contribution >= 0.6 is 11.6 Å². The molecule has 2 amide bonds. The Morgan fingerprint density at radius 3 is 2.53 bits per heavy atom. The third kappa shape index (κ3) is 7.14. The third-order valence-corrected chi connectivity index (χ3v) is 4.89. The predicted molar refractivity (Wildman–Crippen MR) is 129 cm³/mol. The summed E-state index contributed by atoms with van der Waals surface area (Å²) in [4.78, 5) is 34.6. The summed E-state index contributed by atoms with van der Waals surface area (Å²) in [5.74, 6) is -0.513. The van der Waals surface area contributed by atoms with Gasteiger partial charge in [-0.05, 0) is 42.8 Å². The summed E-state index contributed by atoms with van der Waals surface area (Å²) >= 11 is 6.22. The number of hydrogen-bond donors (Lipinski definition) is 2. The fourth-order valence-electron chi connectivity index (χ4n) is 2.92. The highest BCUT2D eigenvalue weighted by atomic mass is 35.5. The molecule has 0 fully saturated rings. The van der Waals surface area contributed by atoms with Gasteiger partial charge in [0.1, 0.15) is 5.75 Å². The quantitative estimate of drug-likeness (QED) is 0.269. The van der Waals surface area contributed by atoms with Crippen molar-refractivity contribution in [1.82, 2.24) is 5.43 Å². The van der Waals surface area contributed by atoms with Crippen molar-refractivity contribution >= 4 is 41.0 Å². The highest BCUT2D eigenvalue weighted by molar-refractivity contribution is 6.32. The van der Waals surface area contributed by atoms with Crippen LogP contribution in [0.3, 0.4) is 0 Å². The van der Waals surface area contributed by atoms with Gasteiger partial charge in [-0.3, -0.25) is 19.7 Å². The molecular formula is C24H21ClN4O5. The number of anilines is 1. The molecule has 0 radical (unpaired) electrons. The minimum atomic E-state index is -0.538. The Hall–Kier alpha value is -4.24. The predicted octanol–water partition coefficient (Wildman–Crippen LogP) is 4.27. The summed E-state index contributed by atoms with van der Waals surface area (Å²) in [5, 5.41) is 17.9. The lowest BCUT2D eigenvalue weighted by Crippen LogP contribution is -2.20. The van der Waals surface area contributed by atoms with Crippen molar-refractivity contribution in [3.63, 3.8) is 0 Å². The van der Waals surface area contributed by atoms with Crippen LogP contribution in [0, 0.1) is 17.0 Å². The van der Waals surface area contributed by atoms with E-state index in [1.165, 1.54) is 24.4 Å². The van der Waals surface area contributed by atoms with Crippen LogP contribution in [0.25, 0.3) is 0 Å². The molecule has 9 nitrogen and oxygen atoms in total. The molecule has 3 rings (SSSR count). The zero-order valence-corrected chi connectivity index (χ0v) is 18.9. The molecular weight excluding hydrogens is 460 g/mol. The van der Waals surface area contributed by atoms with Gasteiger partial charge in [0, 0.05) is 17.3 Å². The molecule has 0 aliphatic heterocycles. The number of hydrogen-bond acceptors (Lipinski definition) is 6. The first-order valence-corrected chi connectivity index (χ1v) is 10.5. The van der Waals surface area contributed by atoms with Crippen LogP contribution in [0.15, 0.2) is 71.8 Å². The van der Waals surface area contributed by atoms with Crippen LogP contribution in [0.2, 0.25) is 5.02 Å². The summed E-state index contributed by atoms with van der Waals surface area (Å²) in [6, 6.07) is 18.2. The third-order valence-electron chi connectivity index (χ3n) is 4.59. The van der Waals surface area contributed by atoms with Crippen LogP contribution in [0.5, 0.6) is 5.75 Å². The SMILES string of the molecule is Cc1ccc(NC(=O)COc2ccc(C=NNC(=O)Cc3ccccc3[N+](=O)[O-])cc2Cl)cc1. The smallest absolute Gasteiger partial charge is 0.273 e. The fourth-order valence-corrected chi connectivity index (χ4v) is 3.16. The van der Waals surface area contributed by atoms with Crippen LogP contribution < -0.4 is 15.5 Å². The van der Waals surface area contributed by atoms with Gasteiger partial charge >= 0.3 is 0 Å². The molecule has 0 atom stereocenters. The first kappa shape index (κ1) is 24.4. The van der Waals surface area contributed by atoms with E-state index in [0.717, 1.165) is 5.56 Å². The molecule has 10 heteroatoms. The Balaban J connectivity index is 1.50. The van der Waals surface area contributed by atoms with Gasteiger partial charge in [0.05, 0.1) is 22.6 Å². The van der Waals surface area contributed by atoms with E-state index in [9.17, 15) is 19.7 Å². The number of para-hydroxylation sites is 1. The number of benzene rings is 3. The van der Waals surface area contributed by atoms with Crippen LogP contribution in [-0.4, -0.2) is 29.6 Å². The average Bonchev–Trinajstić information content (AvgIpc) is 2.80. The summed E-state index contributed by atoms with van der Waals surface area (Å²) in [7, 11) is 0. The summed E-state index contributed by atoms with van der Waals surface area (Å²) < 4.78 is 5.48. The van der Waals surface area contributed by atoms with Crippen molar-refractivity contribution in [1.29, 1.82) is 0 Å². The number of halogens is 1. The molecule has 174 valence electrons. The number of nitrogens with one attached hydrogen (secondary N) is 2. The molecule has 3 aromatic carbocycles. The molecule has 0 bridgehead atoms. The summed E-state index contributed by atoms with van der Waals surface area (Å²) in [5.41, 5.74) is 4.82. The Kier molecular flexibility index (Phi) is 8.31. The molecule has 0 aliphatic carbocycles. The van der Waals surface area contributed by atoms with Gasteiger partial charge in [0.15, 0.2) is 6.61 Å². The average molecular weight is 481 g/mol. The largest absolute Gasteiger partial charge is 0.482 e. The number of carbonyl (C=O) groups is 2. The van der Waals surface area contributed by atoms with E-state index in [1.807, 2.05) is 19.1 Å². The second-order valence-electron chi connectivity index (χ2n) is 7.25. The fraction of sp³-hybridized carbons (Fsp3) is 0.125. The first-order valence-electron chi connectivity index (χ1n) is 10.1. The Morgan fingerprint density at radius 2 is 1.82 bits per heavy atom. The van der Waals surface area contributed by atoms with E-state index in [1.54, 1.807) is 36.4 Å². The molecule has 0 aromatic heterocycles. The van der Waals surface area contributed by atoms with Crippen molar-refractivity contribution in [3.8, 4) is 5.75 Å². The Morgan fingerprint density at radius 1 is 1.09 bits per heavy atom. The lowest BCUT2D eigenvalue weighted by molar-refractivity contribution is -0.385. The molecule has 34 heavy (non-hydrogen) atoms. The van der Waals surface area contributed by atoms with E-state index in [-0.39, 0.29) is 35.2 Å². The molecule has 0 aliphatic rings. The number of hydrazone groups is 1. The number of amides is 2. The normalized spacial score (nSPS) is 10.6. The molecule has 0 saturated heterocycles. The van der Waals surface area contributed by atoms with Crippen molar-refractivity contribution in [3.05, 3.63) is 98.6 Å². The molecule has 2 N–H and O–H groups in total. The Bertz CT molecular complexity index is 1230. The molecule has 3 aromatic rings. The molecule has 0 heterocycles. The van der Waals surface area contributed by atoms with Crippen LogP contribution in [-0.2, 0) is 16.0 Å². The van der Waals surface area contributed by atoms with E-state index in [4.69, 9.17) is 16.3 Å². The number of aryl methyl sites for hydroxylation is 1. The second kappa shape index (κ2) is 11.6. The lowest BCUT2D eigenvalue weighted by atomic mass is 10.1. The highest BCUT2D eigenvalue weighted by Gasteiger charge is 2.15. The topological polar surface area (TPSA) is 123 Å². The van der Waals surface area contributed by atoms with E-state index < -0.39 is 10.8 Å². The molecule has 0 spiro atoms. The van der Waals surface area contributed by atoms with Gasteiger partial charge < -0.3 is 10.1 Å². The monoisotopic (exact) mass is 480 g/mol. The van der Waals surface area contributed by atoms with Crippen LogP contribution in [0.1, 0.15) is 16.7 Å². The van der Waals surface area contributed by atoms with Gasteiger partial charge in [0.25, 0.3) is 11.6 Å². The molecule has 0 saturated carbocycles. The van der Waals surface area contributed by atoms with Gasteiger partial charge in [-0.15, -0.1) is 0 Å². The van der Waals surface area contributed by atoms with Crippen molar-refractivity contribution < 1.29 is 19.2 Å². The van der Waals surface area contributed by atoms with Gasteiger partial charge in [-0.2, -0.15) is 5.10 Å². The minimum Gasteiger partial charge on any atom is -0.482 e. The number of nitro benzene ring substituents is 1. The van der Waals surface area contributed by atoms with Crippen LogP contribution in [0.4, 0.5) is 11.4 Å². The summed E-state index contributed by atoms with van der Waals surface area (Å²) in [6.07, 6.45) is 1.18. The number of ether oxygens (including phenoxy) is 1. The first-order chi connectivity index (χ1) is 16.3. The van der Waals surface area contributed by atoms with Gasteiger partial charge in [0.2, 0.25) is 5.91 Å². The lowest BCUT2D eigenvalue weighted by Gasteiger charge is -2.09. The number of nitro groups is 1. The highest BCUT2D eigenvalue weighted by Crippen LogP contribution is 2.25. The van der Waals surface area contributed by atoms with Gasteiger partial charge in [-0.25, -0.2) is 5.43 Å². The number of nitrogens with zero attached hydrogens (tertiary/aromatic N) is 2. The van der Waals surface area contributed by atoms with Crippen molar-refractivity contribution in [2.45, 2.75) is 13.3 Å². The maximum absolute atomic E-state index is 12.1. The maximum atomic E-state index is 12.1. The summed E-state index contributed by atoms with van der Waals surface area (Å²) in [6.45, 7) is 1.74. The van der Waals surface area contributed by atoms with E-state index in [2.05, 4.69) is 15.8 Å². The van der Waals surface area contributed by atoms with Crippen molar-refractivity contribution in [2.75, 3.05) is 11.9 Å². The standard InChI is InChI=1S/C24H21ClN4O5/c1-16-6-9-19(10-7-16)27-24(31)15-34-22-11-8-17(12-20(22)25)14-26-28-23(30)13-18-4-2-3-5-21(18)29(32)33/h2-12,14H,13,15H2,1H3,(H,27,31)(H,28,30). The zero-order chi connectivity index (χ0) is 24.5. The molecule has 0 unspecified atom stereocenters. The zero-order valence-electron chi connectivity index (χ0n) is 18.2. The van der Waals surface area contributed by atoms with E-state index in [0.29, 0.717) is 17.0 Å². The minimum absolute atomic E-state index is 0.128. The number of carbonyl (C=O) groups excluding carboxylic acids is 2. The van der Waals surface area contributed by atoms with Gasteiger partial charge in [-0.1, -0.05) is 47.5 Å².